The van der Waals surface area contributed by atoms with Crippen molar-refractivity contribution in [3.05, 3.63) is 53.3 Å². The number of H-pyrrole nitrogens is 1. The Morgan fingerprint density at radius 1 is 1.06 bits per heavy atom. The predicted molar refractivity (Wildman–Crippen MR) is 94.9 cm³/mol. The van der Waals surface area contributed by atoms with Crippen molar-refractivity contribution in [1.29, 1.82) is 0 Å². The molecular weight excluding hydrogens is 434 g/mol. The summed E-state index contributed by atoms with van der Waals surface area (Å²) in [6.07, 6.45) is -9.24. The van der Waals surface area contributed by atoms with Gasteiger partial charge in [0.25, 0.3) is 0 Å². The minimum absolute atomic E-state index is 0.174. The van der Waals surface area contributed by atoms with Crippen molar-refractivity contribution in [1.82, 2.24) is 9.97 Å². The fourth-order valence-corrected chi connectivity index (χ4v) is 2.72. The first kappa shape index (κ1) is 22.2. The van der Waals surface area contributed by atoms with Crippen molar-refractivity contribution < 1.29 is 45.3 Å². The highest BCUT2D eigenvalue weighted by atomic mass is 19.4. The van der Waals surface area contributed by atoms with E-state index in [0.29, 0.717) is 16.9 Å². The van der Waals surface area contributed by atoms with Gasteiger partial charge < -0.3 is 19.2 Å². The summed E-state index contributed by atoms with van der Waals surface area (Å²) in [5.41, 5.74) is 0.935. The molecule has 3 rings (SSSR count). The Balaban J connectivity index is 1.85. The number of hydrogen-bond acceptors (Lipinski definition) is 5. The highest BCUT2D eigenvalue weighted by molar-refractivity contribution is 5.97. The van der Waals surface area contributed by atoms with Gasteiger partial charge in [-0.1, -0.05) is 12.1 Å². The van der Waals surface area contributed by atoms with Gasteiger partial charge in [-0.25, -0.2) is 9.78 Å². The Hall–Kier alpha value is -3.44. The first-order valence-corrected chi connectivity index (χ1v) is 8.59. The van der Waals surface area contributed by atoms with Gasteiger partial charge in [0.15, 0.2) is 6.61 Å². The summed E-state index contributed by atoms with van der Waals surface area (Å²) in [5, 5.41) is 0. The average Bonchev–Trinajstić information content (AvgIpc) is 3.06. The lowest BCUT2D eigenvalue weighted by Crippen LogP contribution is -2.20. The monoisotopic (exact) mass is 448 g/mol. The van der Waals surface area contributed by atoms with Crippen molar-refractivity contribution in [2.75, 3.05) is 13.7 Å². The topological polar surface area (TPSA) is 73.4 Å². The summed E-state index contributed by atoms with van der Waals surface area (Å²) in [7, 11) is 1.07. The van der Waals surface area contributed by atoms with E-state index in [1.165, 1.54) is 24.3 Å². The number of rotatable bonds is 6. The number of fused-ring (bicyclic) bond motifs is 1. The summed E-state index contributed by atoms with van der Waals surface area (Å²) in [4.78, 5) is 19.1. The summed E-state index contributed by atoms with van der Waals surface area (Å²) in [5.74, 6) is -1.25. The van der Waals surface area contributed by atoms with Crippen LogP contribution in [0.15, 0.2) is 36.4 Å². The second-order valence-corrected chi connectivity index (χ2v) is 6.31. The third-order valence-corrected chi connectivity index (χ3v) is 3.96. The van der Waals surface area contributed by atoms with Gasteiger partial charge in [-0.3, -0.25) is 0 Å². The number of carbonyl (C=O) groups is 1. The molecule has 12 heteroatoms. The van der Waals surface area contributed by atoms with Gasteiger partial charge >= 0.3 is 18.5 Å². The molecule has 166 valence electrons. The second-order valence-electron chi connectivity index (χ2n) is 6.31. The third kappa shape index (κ3) is 6.03. The Kier molecular flexibility index (Phi) is 6.00. The molecule has 0 fully saturated rings. The number of ether oxygens (including phenoxy) is 3. The van der Waals surface area contributed by atoms with Gasteiger partial charge in [0.05, 0.1) is 18.1 Å². The predicted octanol–water partition coefficient (Wildman–Crippen LogP) is 4.78. The number of carbonyl (C=O) groups excluding carboxylic acids is 1. The van der Waals surface area contributed by atoms with Crippen LogP contribution in [-0.4, -0.2) is 42.2 Å². The molecule has 0 aliphatic carbocycles. The average molecular weight is 448 g/mol. The van der Waals surface area contributed by atoms with E-state index in [0.717, 1.165) is 19.2 Å². The number of halogens is 6. The first-order valence-electron chi connectivity index (χ1n) is 8.59. The van der Waals surface area contributed by atoms with E-state index in [-0.39, 0.29) is 29.0 Å². The van der Waals surface area contributed by atoms with Crippen molar-refractivity contribution in [2.24, 2.45) is 0 Å². The van der Waals surface area contributed by atoms with Gasteiger partial charge in [0.2, 0.25) is 0 Å². The standard InChI is InChI=1S/C19H14F6N2O4/c1-29-17(28)12-7-13-14(8-15(12)30-9-18(20,21)22)27-16(26-13)6-10-2-4-11(5-3-10)31-19(23,24)25/h2-5,7-8H,6,9H2,1H3,(H,26,27). The number of hydrogen-bond donors (Lipinski definition) is 1. The van der Waals surface area contributed by atoms with Crippen LogP contribution in [-0.2, 0) is 11.2 Å². The SMILES string of the molecule is COC(=O)c1cc2nc(Cc3ccc(OC(F)(F)F)cc3)[nH]c2cc1OCC(F)(F)F. The molecule has 3 aromatic rings. The van der Waals surface area contributed by atoms with Crippen molar-refractivity contribution >= 4 is 17.0 Å². The van der Waals surface area contributed by atoms with Gasteiger partial charge in [-0.05, 0) is 23.8 Å². The van der Waals surface area contributed by atoms with E-state index >= 15 is 0 Å². The Bertz CT molecular complexity index is 1070. The number of imidazole rings is 1. The maximum Gasteiger partial charge on any atom is 0.573 e. The zero-order valence-electron chi connectivity index (χ0n) is 15.7. The van der Waals surface area contributed by atoms with Crippen LogP contribution in [0, 0.1) is 0 Å². The maximum atomic E-state index is 12.5. The van der Waals surface area contributed by atoms with Crippen molar-refractivity contribution in [2.45, 2.75) is 19.0 Å². The lowest BCUT2D eigenvalue weighted by atomic mass is 10.1. The summed E-state index contributed by atoms with van der Waals surface area (Å²) in [6, 6.07) is 7.53. The second kappa shape index (κ2) is 8.36. The minimum atomic E-state index is -4.80. The van der Waals surface area contributed by atoms with Crippen LogP contribution >= 0.6 is 0 Å². The van der Waals surface area contributed by atoms with Crippen LogP contribution in [0.3, 0.4) is 0 Å². The van der Waals surface area contributed by atoms with Gasteiger partial charge in [-0.2, -0.15) is 13.2 Å². The Labute approximate surface area is 170 Å². The molecule has 0 saturated heterocycles. The number of esters is 1. The molecule has 0 aliphatic rings. The molecule has 1 aromatic heterocycles. The molecule has 31 heavy (non-hydrogen) atoms. The quantitative estimate of drug-likeness (QED) is 0.434. The van der Waals surface area contributed by atoms with E-state index in [9.17, 15) is 31.1 Å². The molecule has 1 N–H and O–H groups in total. The van der Waals surface area contributed by atoms with Gasteiger partial charge in [0, 0.05) is 12.5 Å². The molecule has 0 saturated carbocycles. The Morgan fingerprint density at radius 2 is 1.74 bits per heavy atom. The number of aromatic nitrogens is 2. The fourth-order valence-electron chi connectivity index (χ4n) is 2.72. The minimum Gasteiger partial charge on any atom is -0.483 e. The van der Waals surface area contributed by atoms with Crippen LogP contribution in [0.25, 0.3) is 11.0 Å². The molecule has 0 amide bonds. The molecule has 0 spiro atoms. The zero-order valence-corrected chi connectivity index (χ0v) is 15.7. The number of methoxy groups -OCH3 is 1. The molecule has 0 atom stereocenters. The van der Waals surface area contributed by atoms with Crippen LogP contribution in [0.4, 0.5) is 26.3 Å². The maximum absolute atomic E-state index is 12.5. The number of nitrogens with one attached hydrogen (secondary N) is 1. The molecule has 1 heterocycles. The highest BCUT2D eigenvalue weighted by Gasteiger charge is 2.31. The molecule has 0 aliphatic heterocycles. The highest BCUT2D eigenvalue weighted by Crippen LogP contribution is 2.28. The first-order chi connectivity index (χ1) is 14.4. The lowest BCUT2D eigenvalue weighted by Gasteiger charge is -2.12. The van der Waals surface area contributed by atoms with Crippen LogP contribution in [0.2, 0.25) is 0 Å². The number of nitrogens with zero attached hydrogens (tertiary/aromatic N) is 1. The van der Waals surface area contributed by atoms with Crippen LogP contribution < -0.4 is 9.47 Å². The lowest BCUT2D eigenvalue weighted by molar-refractivity contribution is -0.274. The summed E-state index contributed by atoms with van der Waals surface area (Å²) in [6.45, 7) is -1.60. The normalized spacial score (nSPS) is 12.1. The van der Waals surface area contributed by atoms with Gasteiger partial charge in [-0.15, -0.1) is 13.2 Å². The molecule has 0 bridgehead atoms. The molecule has 2 aromatic carbocycles. The van der Waals surface area contributed by atoms with E-state index in [1.807, 2.05) is 0 Å². The zero-order chi connectivity index (χ0) is 22.8. The largest absolute Gasteiger partial charge is 0.573 e. The van der Waals surface area contributed by atoms with E-state index in [2.05, 4.69) is 19.4 Å². The fraction of sp³-hybridized carbons (Fsp3) is 0.263. The summed E-state index contributed by atoms with van der Waals surface area (Å²) < 4.78 is 87.3. The van der Waals surface area contributed by atoms with E-state index in [4.69, 9.17) is 4.74 Å². The van der Waals surface area contributed by atoms with E-state index in [1.54, 1.807) is 0 Å². The summed E-state index contributed by atoms with van der Waals surface area (Å²) >= 11 is 0. The van der Waals surface area contributed by atoms with E-state index < -0.39 is 25.1 Å². The van der Waals surface area contributed by atoms with Crippen LogP contribution in [0.5, 0.6) is 11.5 Å². The smallest absolute Gasteiger partial charge is 0.483 e. The number of aromatic amines is 1. The number of benzene rings is 2. The van der Waals surface area contributed by atoms with Gasteiger partial charge in [0.1, 0.15) is 22.9 Å². The van der Waals surface area contributed by atoms with Crippen LogP contribution in [0.1, 0.15) is 21.7 Å². The number of alkyl halides is 6. The Morgan fingerprint density at radius 3 is 2.32 bits per heavy atom. The van der Waals surface area contributed by atoms with Crippen molar-refractivity contribution in [3.63, 3.8) is 0 Å². The molecular formula is C19H14F6N2O4. The van der Waals surface area contributed by atoms with Crippen molar-refractivity contribution in [3.8, 4) is 11.5 Å². The molecule has 0 unspecified atom stereocenters. The molecule has 0 radical (unpaired) electrons. The molecule has 6 nitrogen and oxygen atoms in total. The third-order valence-electron chi connectivity index (χ3n) is 3.96.